The van der Waals surface area contributed by atoms with Crippen LogP contribution in [0.3, 0.4) is 0 Å². The van der Waals surface area contributed by atoms with Gasteiger partial charge in [0.1, 0.15) is 0 Å². The highest BCUT2D eigenvalue weighted by Crippen LogP contribution is 2.16. The molecule has 1 aliphatic rings. The third-order valence-electron chi connectivity index (χ3n) is 3.49. The zero-order valence-electron chi connectivity index (χ0n) is 12.6. The van der Waals surface area contributed by atoms with E-state index in [4.69, 9.17) is 10.00 Å². The van der Waals surface area contributed by atoms with E-state index in [1.165, 1.54) is 6.08 Å². The molecule has 1 aliphatic heterocycles. The Morgan fingerprint density at radius 1 is 1.39 bits per heavy atom. The van der Waals surface area contributed by atoms with E-state index in [9.17, 15) is 13.2 Å². The molecular weight excluding hydrogens is 316 g/mol. The number of nitrogens with zero attached hydrogens (tertiary/aromatic N) is 1. The van der Waals surface area contributed by atoms with Gasteiger partial charge >= 0.3 is 0 Å². The fraction of sp³-hybridized carbons (Fsp3) is 0.375. The number of nitrogens with one attached hydrogen (secondary N) is 1. The molecule has 1 N–H and O–H groups in total. The van der Waals surface area contributed by atoms with Crippen molar-refractivity contribution >= 4 is 22.0 Å². The number of sulfonamides is 1. The van der Waals surface area contributed by atoms with Crippen LogP contribution in [-0.4, -0.2) is 33.3 Å². The SMILES string of the molecule is N#Cc1cccc(/C=C/C(=O)NS(=O)(=O)CC2CCOCC2)c1. The lowest BCUT2D eigenvalue weighted by Gasteiger charge is -2.21. The van der Waals surface area contributed by atoms with E-state index >= 15 is 0 Å². The Hall–Kier alpha value is -2.17. The van der Waals surface area contributed by atoms with Crippen molar-refractivity contribution in [3.63, 3.8) is 0 Å². The third-order valence-corrected chi connectivity index (χ3v) is 4.92. The van der Waals surface area contributed by atoms with Gasteiger partial charge in [0.05, 0.1) is 17.4 Å². The smallest absolute Gasteiger partial charge is 0.257 e. The molecule has 0 atom stereocenters. The fourth-order valence-electron chi connectivity index (χ4n) is 2.34. The van der Waals surface area contributed by atoms with Crippen LogP contribution >= 0.6 is 0 Å². The van der Waals surface area contributed by atoms with Gasteiger partial charge in [-0.2, -0.15) is 5.26 Å². The van der Waals surface area contributed by atoms with E-state index in [1.807, 2.05) is 10.8 Å². The van der Waals surface area contributed by atoms with Crippen LogP contribution in [0.25, 0.3) is 6.08 Å². The minimum Gasteiger partial charge on any atom is -0.381 e. The summed E-state index contributed by atoms with van der Waals surface area (Å²) < 4.78 is 31.2. The lowest BCUT2D eigenvalue weighted by Crippen LogP contribution is -2.35. The summed E-state index contributed by atoms with van der Waals surface area (Å²) in [4.78, 5) is 11.8. The van der Waals surface area contributed by atoms with E-state index in [2.05, 4.69) is 0 Å². The highest BCUT2D eigenvalue weighted by molar-refractivity contribution is 7.90. The molecule has 7 heteroatoms. The van der Waals surface area contributed by atoms with Crippen molar-refractivity contribution in [2.45, 2.75) is 12.8 Å². The van der Waals surface area contributed by atoms with Gasteiger partial charge in [-0.25, -0.2) is 13.1 Å². The number of carbonyl (C=O) groups excluding carboxylic acids is 1. The van der Waals surface area contributed by atoms with Crippen molar-refractivity contribution in [2.24, 2.45) is 5.92 Å². The van der Waals surface area contributed by atoms with Crippen LogP contribution in [0.4, 0.5) is 0 Å². The topological polar surface area (TPSA) is 96.3 Å². The van der Waals surface area contributed by atoms with Gasteiger partial charge in [-0.05, 0) is 42.5 Å². The number of nitriles is 1. The van der Waals surface area contributed by atoms with E-state index in [-0.39, 0.29) is 11.7 Å². The average Bonchev–Trinajstić information content (AvgIpc) is 2.53. The summed E-state index contributed by atoms with van der Waals surface area (Å²) in [7, 11) is -3.66. The van der Waals surface area contributed by atoms with Crippen molar-refractivity contribution in [3.05, 3.63) is 41.5 Å². The number of amides is 1. The molecule has 1 aromatic carbocycles. The minimum atomic E-state index is -3.66. The summed E-state index contributed by atoms with van der Waals surface area (Å²) in [6, 6.07) is 8.67. The molecule has 2 rings (SSSR count). The maximum atomic E-state index is 12.0. The maximum absolute atomic E-state index is 12.0. The first-order valence-electron chi connectivity index (χ1n) is 7.29. The van der Waals surface area contributed by atoms with E-state index in [0.717, 1.165) is 6.08 Å². The van der Waals surface area contributed by atoms with E-state index in [0.29, 0.717) is 37.2 Å². The Labute approximate surface area is 135 Å². The number of benzene rings is 1. The first-order chi connectivity index (χ1) is 11.0. The molecule has 1 aromatic rings. The number of hydrogen-bond donors (Lipinski definition) is 1. The largest absolute Gasteiger partial charge is 0.381 e. The molecule has 0 saturated carbocycles. The number of rotatable bonds is 5. The summed E-state index contributed by atoms with van der Waals surface area (Å²) in [5.74, 6) is -0.746. The highest BCUT2D eigenvalue weighted by Gasteiger charge is 2.22. The monoisotopic (exact) mass is 334 g/mol. The fourth-order valence-corrected chi connectivity index (χ4v) is 3.75. The van der Waals surface area contributed by atoms with E-state index < -0.39 is 15.9 Å². The molecule has 1 heterocycles. The predicted octanol–water partition coefficient (Wildman–Crippen LogP) is 1.44. The minimum absolute atomic E-state index is 0.0188. The third kappa shape index (κ3) is 5.85. The van der Waals surface area contributed by atoms with Crippen molar-refractivity contribution in [1.29, 1.82) is 5.26 Å². The maximum Gasteiger partial charge on any atom is 0.257 e. The highest BCUT2D eigenvalue weighted by atomic mass is 32.2. The summed E-state index contributed by atoms with van der Waals surface area (Å²) in [6.07, 6.45) is 4.00. The lowest BCUT2D eigenvalue weighted by molar-refractivity contribution is -0.114. The molecule has 6 nitrogen and oxygen atoms in total. The molecule has 0 aliphatic carbocycles. The van der Waals surface area contributed by atoms with Crippen molar-refractivity contribution < 1.29 is 17.9 Å². The molecule has 0 unspecified atom stereocenters. The van der Waals surface area contributed by atoms with Crippen molar-refractivity contribution in [1.82, 2.24) is 4.72 Å². The van der Waals surface area contributed by atoms with Crippen LogP contribution in [0.1, 0.15) is 24.0 Å². The van der Waals surface area contributed by atoms with Crippen molar-refractivity contribution in [2.75, 3.05) is 19.0 Å². The molecule has 0 aromatic heterocycles. The summed E-state index contributed by atoms with van der Waals surface area (Å²) in [5.41, 5.74) is 1.13. The van der Waals surface area contributed by atoms with Gasteiger partial charge in [-0.3, -0.25) is 4.79 Å². The average molecular weight is 334 g/mol. The Bertz CT molecular complexity index is 729. The number of hydrogen-bond acceptors (Lipinski definition) is 5. The summed E-state index contributed by atoms with van der Waals surface area (Å²) in [5, 5.41) is 8.81. The second kappa shape index (κ2) is 7.90. The quantitative estimate of drug-likeness (QED) is 0.822. The van der Waals surface area contributed by atoms with Gasteiger partial charge in [0.2, 0.25) is 10.0 Å². The molecule has 1 amide bonds. The van der Waals surface area contributed by atoms with Crippen LogP contribution in [0.2, 0.25) is 0 Å². The van der Waals surface area contributed by atoms with Gasteiger partial charge in [-0.15, -0.1) is 0 Å². The molecule has 23 heavy (non-hydrogen) atoms. The predicted molar refractivity (Wildman–Crippen MR) is 85.7 cm³/mol. The summed E-state index contributed by atoms with van der Waals surface area (Å²) in [6.45, 7) is 1.12. The Morgan fingerprint density at radius 3 is 2.83 bits per heavy atom. The van der Waals surface area contributed by atoms with E-state index in [1.54, 1.807) is 24.3 Å². The molecule has 1 fully saturated rings. The van der Waals surface area contributed by atoms with Gasteiger partial charge in [0, 0.05) is 19.3 Å². The second-order valence-electron chi connectivity index (χ2n) is 5.37. The molecular formula is C16H18N2O4S. The molecule has 0 spiro atoms. The number of ether oxygens (including phenoxy) is 1. The van der Waals surface area contributed by atoms with Crippen LogP contribution in [-0.2, 0) is 19.6 Å². The van der Waals surface area contributed by atoms with Gasteiger partial charge in [-0.1, -0.05) is 12.1 Å². The van der Waals surface area contributed by atoms with Gasteiger partial charge < -0.3 is 4.74 Å². The van der Waals surface area contributed by atoms with Gasteiger partial charge in [0.25, 0.3) is 5.91 Å². The van der Waals surface area contributed by atoms with Crippen LogP contribution < -0.4 is 4.72 Å². The second-order valence-corrected chi connectivity index (χ2v) is 7.14. The Kier molecular flexibility index (Phi) is 5.90. The Morgan fingerprint density at radius 2 is 2.13 bits per heavy atom. The summed E-state index contributed by atoms with van der Waals surface area (Å²) >= 11 is 0. The first kappa shape index (κ1) is 17.2. The number of carbonyl (C=O) groups is 1. The molecule has 0 bridgehead atoms. The zero-order valence-corrected chi connectivity index (χ0v) is 13.4. The normalized spacial score (nSPS) is 16.1. The van der Waals surface area contributed by atoms with Crippen molar-refractivity contribution in [3.8, 4) is 6.07 Å². The van der Waals surface area contributed by atoms with Gasteiger partial charge in [0.15, 0.2) is 0 Å². The molecule has 122 valence electrons. The zero-order chi connectivity index (χ0) is 16.7. The molecule has 0 radical (unpaired) electrons. The lowest BCUT2D eigenvalue weighted by atomic mass is 10.0. The van der Waals surface area contributed by atoms with Crippen LogP contribution in [0.15, 0.2) is 30.3 Å². The first-order valence-corrected chi connectivity index (χ1v) is 8.94. The molecule has 1 saturated heterocycles. The van der Waals surface area contributed by atoms with Crippen LogP contribution in [0, 0.1) is 17.2 Å². The standard InChI is InChI=1S/C16H18N2O4S/c17-11-15-3-1-2-13(10-15)4-5-16(19)18-23(20,21)12-14-6-8-22-9-7-14/h1-5,10,14H,6-9,12H2,(H,18,19)/b5-4+. The Balaban J connectivity index is 1.92. The van der Waals surface area contributed by atoms with Crippen LogP contribution in [0.5, 0.6) is 0 Å².